The topological polar surface area (TPSA) is 46.2 Å². The number of hydrogen-bond donors (Lipinski definition) is 1. The van der Waals surface area contributed by atoms with E-state index < -0.39 is 9.84 Å². The fraction of sp³-hybridized carbons (Fsp3) is 1.00. The van der Waals surface area contributed by atoms with Crippen LogP contribution in [0.2, 0.25) is 0 Å². The second kappa shape index (κ2) is 5.85. The van der Waals surface area contributed by atoms with Gasteiger partial charge in [0.2, 0.25) is 0 Å². The van der Waals surface area contributed by atoms with Crippen molar-refractivity contribution in [3.8, 4) is 0 Å². The summed E-state index contributed by atoms with van der Waals surface area (Å²) in [5.41, 5.74) is 0. The fourth-order valence-corrected chi connectivity index (χ4v) is 2.61. The third-order valence-electron chi connectivity index (χ3n) is 3.22. The minimum absolute atomic E-state index is 0.260. The molecular formula is C11H23NO2S. The molecule has 0 saturated heterocycles. The van der Waals surface area contributed by atoms with E-state index in [2.05, 4.69) is 12.2 Å². The molecule has 90 valence electrons. The molecule has 0 heterocycles. The Morgan fingerprint density at radius 3 is 2.33 bits per heavy atom. The molecule has 1 aliphatic rings. The van der Waals surface area contributed by atoms with Crippen molar-refractivity contribution in [2.75, 3.05) is 25.1 Å². The first-order chi connectivity index (χ1) is 6.97. The molecule has 0 aromatic heterocycles. The molecule has 0 aromatic rings. The average molecular weight is 233 g/mol. The van der Waals surface area contributed by atoms with Crippen LogP contribution in [-0.4, -0.2) is 33.5 Å². The van der Waals surface area contributed by atoms with Gasteiger partial charge in [-0.05, 0) is 31.2 Å². The molecule has 1 N–H and O–H groups in total. The van der Waals surface area contributed by atoms with Gasteiger partial charge in [0, 0.05) is 12.8 Å². The fourth-order valence-electron chi connectivity index (χ4n) is 2.10. The number of nitrogens with one attached hydrogen (secondary N) is 1. The van der Waals surface area contributed by atoms with E-state index in [-0.39, 0.29) is 5.75 Å². The summed E-state index contributed by atoms with van der Waals surface area (Å²) in [7, 11) is -2.80. The Kier molecular flexibility index (Phi) is 5.06. The highest BCUT2D eigenvalue weighted by Gasteiger charge is 2.17. The lowest BCUT2D eigenvalue weighted by Gasteiger charge is -2.26. The first-order valence-electron chi connectivity index (χ1n) is 5.86. The predicted octanol–water partition coefficient (Wildman–Crippen LogP) is 1.45. The standard InChI is InChI=1S/C11H23NO2S/c1-10-3-5-11(6-4-10)9-12-7-8-15(2,13)14/h10-12H,3-9H2,1-2H3. The van der Waals surface area contributed by atoms with Crippen molar-refractivity contribution in [2.45, 2.75) is 32.6 Å². The van der Waals surface area contributed by atoms with Crippen LogP contribution in [0.3, 0.4) is 0 Å². The van der Waals surface area contributed by atoms with Gasteiger partial charge in [-0.2, -0.15) is 0 Å². The molecule has 0 unspecified atom stereocenters. The van der Waals surface area contributed by atoms with Crippen LogP contribution in [0.4, 0.5) is 0 Å². The van der Waals surface area contributed by atoms with Gasteiger partial charge in [0.1, 0.15) is 9.84 Å². The number of rotatable bonds is 5. The Labute approximate surface area is 93.6 Å². The minimum atomic E-state index is -2.80. The van der Waals surface area contributed by atoms with E-state index in [0.29, 0.717) is 6.54 Å². The third-order valence-corrected chi connectivity index (χ3v) is 4.16. The summed E-state index contributed by atoms with van der Waals surface area (Å²) < 4.78 is 21.8. The molecule has 4 heteroatoms. The van der Waals surface area contributed by atoms with Gasteiger partial charge in [0.05, 0.1) is 5.75 Å². The van der Waals surface area contributed by atoms with Gasteiger partial charge >= 0.3 is 0 Å². The van der Waals surface area contributed by atoms with E-state index in [1.165, 1.54) is 31.9 Å². The van der Waals surface area contributed by atoms with Crippen LogP contribution in [0.5, 0.6) is 0 Å². The molecule has 0 amide bonds. The van der Waals surface area contributed by atoms with Gasteiger partial charge in [0.25, 0.3) is 0 Å². The Hall–Kier alpha value is -0.0900. The van der Waals surface area contributed by atoms with Gasteiger partial charge in [-0.15, -0.1) is 0 Å². The highest BCUT2D eigenvalue weighted by atomic mass is 32.2. The summed E-state index contributed by atoms with van der Waals surface area (Å²) in [6, 6.07) is 0. The summed E-state index contributed by atoms with van der Waals surface area (Å²) in [6.07, 6.45) is 6.55. The van der Waals surface area contributed by atoms with Crippen molar-refractivity contribution >= 4 is 9.84 Å². The molecule has 1 aliphatic carbocycles. The van der Waals surface area contributed by atoms with Crippen LogP contribution in [0.15, 0.2) is 0 Å². The van der Waals surface area contributed by atoms with Crippen LogP contribution >= 0.6 is 0 Å². The largest absolute Gasteiger partial charge is 0.315 e. The molecule has 0 radical (unpaired) electrons. The van der Waals surface area contributed by atoms with Crippen molar-refractivity contribution in [1.82, 2.24) is 5.32 Å². The van der Waals surface area contributed by atoms with Gasteiger partial charge < -0.3 is 5.32 Å². The molecule has 1 rings (SSSR count). The van der Waals surface area contributed by atoms with Gasteiger partial charge in [0.15, 0.2) is 0 Å². The van der Waals surface area contributed by atoms with Crippen LogP contribution < -0.4 is 5.32 Å². The summed E-state index contributed by atoms with van der Waals surface area (Å²) in [4.78, 5) is 0. The van der Waals surface area contributed by atoms with Crippen molar-refractivity contribution < 1.29 is 8.42 Å². The average Bonchev–Trinajstić information content (AvgIpc) is 2.14. The first kappa shape index (κ1) is 13.0. The zero-order valence-electron chi connectivity index (χ0n) is 9.83. The second-order valence-electron chi connectivity index (χ2n) is 4.96. The summed E-state index contributed by atoms with van der Waals surface area (Å²) >= 11 is 0. The highest BCUT2D eigenvalue weighted by Crippen LogP contribution is 2.27. The van der Waals surface area contributed by atoms with E-state index in [4.69, 9.17) is 0 Å². The molecule has 0 atom stereocenters. The zero-order valence-corrected chi connectivity index (χ0v) is 10.6. The van der Waals surface area contributed by atoms with E-state index in [9.17, 15) is 8.42 Å². The van der Waals surface area contributed by atoms with E-state index in [0.717, 1.165) is 18.4 Å². The lowest BCUT2D eigenvalue weighted by Crippen LogP contribution is -2.29. The molecule has 1 saturated carbocycles. The van der Waals surface area contributed by atoms with Gasteiger partial charge in [-0.1, -0.05) is 19.8 Å². The van der Waals surface area contributed by atoms with E-state index in [1.807, 2.05) is 0 Å². The van der Waals surface area contributed by atoms with Gasteiger partial charge in [-0.25, -0.2) is 8.42 Å². The van der Waals surface area contributed by atoms with Crippen molar-refractivity contribution in [3.63, 3.8) is 0 Å². The highest BCUT2D eigenvalue weighted by molar-refractivity contribution is 7.90. The zero-order chi connectivity index (χ0) is 11.3. The van der Waals surface area contributed by atoms with Crippen molar-refractivity contribution in [3.05, 3.63) is 0 Å². The van der Waals surface area contributed by atoms with Crippen LogP contribution in [0, 0.1) is 11.8 Å². The summed E-state index contributed by atoms with van der Waals surface area (Å²) in [5.74, 6) is 1.91. The van der Waals surface area contributed by atoms with Crippen LogP contribution in [-0.2, 0) is 9.84 Å². The Morgan fingerprint density at radius 2 is 1.80 bits per heavy atom. The number of hydrogen-bond acceptors (Lipinski definition) is 3. The normalized spacial score (nSPS) is 27.9. The maximum atomic E-state index is 10.9. The maximum absolute atomic E-state index is 10.9. The second-order valence-corrected chi connectivity index (χ2v) is 7.22. The number of sulfone groups is 1. The molecule has 1 fully saturated rings. The third kappa shape index (κ3) is 6.15. The maximum Gasteiger partial charge on any atom is 0.148 e. The van der Waals surface area contributed by atoms with E-state index >= 15 is 0 Å². The summed E-state index contributed by atoms with van der Waals surface area (Å²) in [5, 5.41) is 3.25. The van der Waals surface area contributed by atoms with Gasteiger partial charge in [-0.3, -0.25) is 0 Å². The quantitative estimate of drug-likeness (QED) is 0.731. The molecule has 0 bridgehead atoms. The molecular weight excluding hydrogens is 210 g/mol. The minimum Gasteiger partial charge on any atom is -0.315 e. The van der Waals surface area contributed by atoms with Crippen molar-refractivity contribution in [2.24, 2.45) is 11.8 Å². The van der Waals surface area contributed by atoms with E-state index in [1.54, 1.807) is 0 Å². The lowest BCUT2D eigenvalue weighted by molar-refractivity contribution is 0.283. The molecule has 15 heavy (non-hydrogen) atoms. The van der Waals surface area contributed by atoms with Crippen LogP contribution in [0.25, 0.3) is 0 Å². The molecule has 0 spiro atoms. The van der Waals surface area contributed by atoms with Crippen LogP contribution in [0.1, 0.15) is 32.6 Å². The SMILES string of the molecule is CC1CCC(CNCCS(C)(=O)=O)CC1. The molecule has 0 aromatic carbocycles. The molecule has 3 nitrogen and oxygen atoms in total. The predicted molar refractivity (Wildman–Crippen MR) is 63.7 cm³/mol. The first-order valence-corrected chi connectivity index (χ1v) is 7.92. The Bertz CT molecular complexity index is 266. The molecule has 0 aliphatic heterocycles. The monoisotopic (exact) mass is 233 g/mol. The smallest absolute Gasteiger partial charge is 0.148 e. The Balaban J connectivity index is 2.06. The van der Waals surface area contributed by atoms with Crippen molar-refractivity contribution in [1.29, 1.82) is 0 Å². The summed E-state index contributed by atoms with van der Waals surface area (Å²) in [6.45, 7) is 3.90. The lowest BCUT2D eigenvalue weighted by atomic mass is 9.83. The Morgan fingerprint density at radius 1 is 1.20 bits per heavy atom.